The molecule has 0 bridgehead atoms. The molecule has 0 radical (unpaired) electrons. The Labute approximate surface area is 568 Å². The SMILES string of the molecule is CC(=O)N[C@@H]1[C@@H](O[C@@H]2O[C@H](CO)[C@@H](O[C@@H]3O[C@H](CO)[C@H](O)[C@H](O)[C@H]3NC(C)=O)[C@H](O[C@@H]3O[C@@H](C)[C@@H](O)[C@@H](O)[C@@H]3O)[C@H]2NC(C)=O)[C@@H](O)[C@@H](CO[C@]2(C(=O)O)C[C@H](O[C@@H]3O[C@@H](C)[C@@H](O)[C@@H](O[C@@H]4O[C@@H](C)[C@@H](O)[C@@H](O)[C@@H]4O)[C@@H]3O[C@@H]3O[C@@H](C)[C@@H](O)[C@@H](O)[C@@H]3O)[C@@H](O)[C@H]([C@H](O)[C@H](O)CO)O2)O[C@H]1O. The van der Waals surface area contributed by atoms with Crippen LogP contribution in [0.5, 0.6) is 0 Å². The molecule has 0 saturated carbocycles. The molecule has 3 amide bonds. The van der Waals surface area contributed by atoms with Crippen LogP contribution in [0.4, 0.5) is 0 Å². The first-order valence-corrected chi connectivity index (χ1v) is 32.2. The van der Waals surface area contributed by atoms with E-state index in [0.717, 1.165) is 20.8 Å². The van der Waals surface area contributed by atoms with Crippen molar-refractivity contribution in [3.63, 3.8) is 0 Å². The number of carboxylic acid groups (broad SMARTS) is 1. The summed E-state index contributed by atoms with van der Waals surface area (Å²) in [5.41, 5.74) is 0. The topological polar surface area (TPSA) is 668 Å². The normalized spacial score (nSPS) is 49.4. The number of nitrogens with one attached hydrogen (secondary N) is 3. The van der Waals surface area contributed by atoms with Gasteiger partial charge in [-0.3, -0.25) is 14.4 Å². The number of carboxylic acids is 1. The second-order valence-corrected chi connectivity index (χ2v) is 26.0. The number of aliphatic hydroxyl groups is 20. The Kier molecular flexibility index (Phi) is 28.2. The van der Waals surface area contributed by atoms with E-state index in [9.17, 15) is 126 Å². The molecule has 8 heterocycles. The number of carbonyl (C=O) groups is 4. The monoisotopic (exact) mass is 1460 g/mol. The summed E-state index contributed by atoms with van der Waals surface area (Å²) in [7, 11) is 0. The maximum absolute atomic E-state index is 13.9. The zero-order valence-electron chi connectivity index (χ0n) is 54.8. The largest absolute Gasteiger partial charge is 0.477 e. The number of hydrogen-bond donors (Lipinski definition) is 24. The quantitative estimate of drug-likeness (QED) is 0.0427. The van der Waals surface area contributed by atoms with Gasteiger partial charge in [-0.1, -0.05) is 0 Å². The van der Waals surface area contributed by atoms with Crippen molar-refractivity contribution >= 4 is 23.7 Å². The molecule has 0 aromatic rings. The summed E-state index contributed by atoms with van der Waals surface area (Å²) in [5.74, 6) is -8.24. The molecule has 8 rings (SSSR count). The van der Waals surface area contributed by atoms with Crippen LogP contribution >= 0.6 is 0 Å². The van der Waals surface area contributed by atoms with E-state index in [1.165, 1.54) is 27.7 Å². The highest BCUT2D eigenvalue weighted by Crippen LogP contribution is 2.42. The summed E-state index contributed by atoms with van der Waals surface area (Å²) in [6.07, 6.45) is -74.4. The van der Waals surface area contributed by atoms with Crippen LogP contribution in [-0.2, 0) is 90.2 Å². The van der Waals surface area contributed by atoms with E-state index in [-0.39, 0.29) is 0 Å². The van der Waals surface area contributed by atoms with E-state index in [0.29, 0.717) is 0 Å². The average molecular weight is 1460 g/mol. The lowest BCUT2D eigenvalue weighted by molar-refractivity contribution is -0.402. The van der Waals surface area contributed by atoms with Gasteiger partial charge in [0.15, 0.2) is 44.0 Å². The van der Waals surface area contributed by atoms with Gasteiger partial charge >= 0.3 is 5.97 Å². The maximum atomic E-state index is 13.9. The van der Waals surface area contributed by atoms with Crippen LogP contribution in [-0.4, -0.2) is 408 Å². The molecule has 0 aromatic heterocycles. The second kappa shape index (κ2) is 34.4. The zero-order valence-corrected chi connectivity index (χ0v) is 54.8. The van der Waals surface area contributed by atoms with Crippen molar-refractivity contribution in [2.24, 2.45) is 0 Å². The molecule has 8 fully saturated rings. The third kappa shape index (κ3) is 17.6. The van der Waals surface area contributed by atoms with Crippen LogP contribution in [0.2, 0.25) is 0 Å². The van der Waals surface area contributed by atoms with Crippen molar-refractivity contribution in [3.05, 3.63) is 0 Å². The first-order valence-electron chi connectivity index (χ1n) is 32.2. The van der Waals surface area contributed by atoms with E-state index in [1.807, 2.05) is 0 Å². The van der Waals surface area contributed by atoms with Crippen molar-refractivity contribution in [1.82, 2.24) is 16.0 Å². The van der Waals surface area contributed by atoms with E-state index in [2.05, 4.69) is 16.0 Å². The predicted molar refractivity (Wildman–Crippen MR) is 311 cm³/mol. The number of carbonyl (C=O) groups excluding carboxylic acids is 3. The summed E-state index contributed by atoms with van der Waals surface area (Å²) in [5, 5.41) is 239. The first kappa shape index (κ1) is 82.1. The first-order chi connectivity index (χ1) is 46.9. The van der Waals surface area contributed by atoms with E-state index >= 15 is 0 Å². The van der Waals surface area contributed by atoms with E-state index < -0.39 is 308 Å². The lowest BCUT2D eigenvalue weighted by Gasteiger charge is -2.52. The third-order valence-corrected chi connectivity index (χ3v) is 18.7. The lowest BCUT2D eigenvalue weighted by Crippen LogP contribution is -2.72. The maximum Gasteiger partial charge on any atom is 0.364 e. The number of amides is 3. The summed E-state index contributed by atoms with van der Waals surface area (Å²) in [4.78, 5) is 52.7. The molecule has 43 nitrogen and oxygen atoms in total. The molecule has 43 heteroatoms. The minimum absolute atomic E-state index is 0.823. The fraction of sp³-hybridized carbons (Fsp3) is 0.930. The molecule has 24 N–H and O–H groups in total. The summed E-state index contributed by atoms with van der Waals surface area (Å²) in [6, 6.07) is -5.61. The fourth-order valence-electron chi connectivity index (χ4n) is 13.0. The lowest BCUT2D eigenvalue weighted by atomic mass is 9.90. The minimum atomic E-state index is -3.35. The van der Waals surface area contributed by atoms with Crippen LogP contribution in [0.3, 0.4) is 0 Å². The third-order valence-electron chi connectivity index (χ3n) is 18.7. The van der Waals surface area contributed by atoms with Crippen LogP contribution in [0.25, 0.3) is 0 Å². The van der Waals surface area contributed by atoms with Gasteiger partial charge in [0.25, 0.3) is 5.79 Å². The van der Waals surface area contributed by atoms with Gasteiger partial charge in [-0.25, -0.2) is 4.79 Å². The molecular formula is C57H95N3O40. The van der Waals surface area contributed by atoms with Gasteiger partial charge in [0, 0.05) is 27.2 Å². The van der Waals surface area contributed by atoms with Crippen molar-refractivity contribution in [1.29, 1.82) is 0 Å². The molecular weight excluding hydrogens is 1370 g/mol. The van der Waals surface area contributed by atoms with Gasteiger partial charge in [-0.2, -0.15) is 0 Å². The average Bonchev–Trinajstić information content (AvgIpc) is 0.762. The van der Waals surface area contributed by atoms with Crippen LogP contribution in [0, 0.1) is 0 Å². The highest BCUT2D eigenvalue weighted by atomic mass is 16.8. The highest BCUT2D eigenvalue weighted by molar-refractivity contribution is 5.76. The van der Waals surface area contributed by atoms with Crippen molar-refractivity contribution in [2.45, 2.75) is 306 Å². The van der Waals surface area contributed by atoms with Crippen LogP contribution in [0.1, 0.15) is 54.9 Å². The van der Waals surface area contributed by atoms with E-state index in [1.54, 1.807) is 0 Å². The molecule has 8 saturated heterocycles. The zero-order chi connectivity index (χ0) is 74.2. The number of ether oxygens (including phenoxy) is 15. The van der Waals surface area contributed by atoms with Gasteiger partial charge in [0.2, 0.25) is 17.7 Å². The summed E-state index contributed by atoms with van der Waals surface area (Å²) >= 11 is 0. The minimum Gasteiger partial charge on any atom is -0.477 e. The van der Waals surface area contributed by atoms with Gasteiger partial charge in [0.1, 0.15) is 171 Å². The Bertz CT molecular complexity index is 2670. The van der Waals surface area contributed by atoms with Crippen molar-refractivity contribution < 1.29 is 197 Å². The van der Waals surface area contributed by atoms with Gasteiger partial charge < -0.3 is 194 Å². The Balaban J connectivity index is 1.14. The van der Waals surface area contributed by atoms with Gasteiger partial charge in [0.05, 0.1) is 56.9 Å². The Morgan fingerprint density at radius 1 is 0.420 bits per heavy atom. The molecule has 8 aliphatic heterocycles. The molecule has 0 unspecified atom stereocenters. The molecule has 0 aromatic carbocycles. The summed E-state index contributed by atoms with van der Waals surface area (Å²) < 4.78 is 89.7. The number of aliphatic carboxylic acids is 1. The fourth-order valence-corrected chi connectivity index (χ4v) is 13.0. The van der Waals surface area contributed by atoms with Crippen molar-refractivity contribution in [2.75, 3.05) is 26.4 Å². The highest BCUT2D eigenvalue weighted by Gasteiger charge is 2.62. The Morgan fingerprint density at radius 3 is 1.34 bits per heavy atom. The molecule has 41 atom stereocenters. The Morgan fingerprint density at radius 2 is 0.850 bits per heavy atom. The second-order valence-electron chi connectivity index (χ2n) is 26.0. The van der Waals surface area contributed by atoms with Gasteiger partial charge in [-0.05, 0) is 27.7 Å². The summed E-state index contributed by atoms with van der Waals surface area (Å²) in [6.45, 7) is 3.21. The molecule has 0 spiro atoms. The molecule has 0 aliphatic carbocycles. The van der Waals surface area contributed by atoms with E-state index in [4.69, 9.17) is 71.1 Å². The van der Waals surface area contributed by atoms with Crippen molar-refractivity contribution in [3.8, 4) is 0 Å². The molecule has 100 heavy (non-hydrogen) atoms. The standard InChI is InChI=1S/C57H95N3O40/c1-13-28(68)37(77)40(80)52(87-13)97-45-27(60-19(7)66)51(94-23(11-63)43(45)95-50-25(58-17(5)64)36(76)33(73)22(10-62)93-50)96-44-26(59-18(6)65)49(83)91-24(35(44)75)12-86-57(56(84)85)8-21(34(74)46(100-57)32(72)20(67)9-61)92-55-48(99-54-42(82)39(79)30(70)15(3)89-54)47(31(71)16(4)90-55)98-53-41(81)38(78)29(69)14(2)88-53/h13-16,20-55,61-63,67-83H,8-12H2,1-7H3,(H,58,64)(H,59,65)(H,60,66)(H,84,85)/t13-,14-,15-,16-,20+,21-,22+,23+,24+,25+,26+,27+,28+,29+,30+,31+,32+,33-,34+,35-,36+,37+,38+,39+,40-,41-,42-,43+,44+,45+,46-,47+,48-,49+,50-,51-,52-,53-,54-,55-,57+/m0/s1. The number of aliphatic hydroxyl groups excluding tert-OH is 20. The van der Waals surface area contributed by atoms with Crippen LogP contribution in [0.15, 0.2) is 0 Å². The number of hydrogen-bond acceptors (Lipinski definition) is 39. The predicted octanol–water partition coefficient (Wildman–Crippen LogP) is -14.7. The number of rotatable bonds is 24. The molecule has 578 valence electrons. The van der Waals surface area contributed by atoms with Gasteiger partial charge in [-0.15, -0.1) is 0 Å². The van der Waals surface area contributed by atoms with Crippen LogP contribution < -0.4 is 16.0 Å². The smallest absolute Gasteiger partial charge is 0.364 e. The Hall–Kier alpha value is -3.52. The molecule has 8 aliphatic rings.